The Kier molecular flexibility index (Phi) is 3.39. The molecule has 0 aromatic heterocycles. The number of rotatable bonds is 2. The summed E-state index contributed by atoms with van der Waals surface area (Å²) in [5, 5.41) is 0. The lowest BCUT2D eigenvalue weighted by atomic mass is 9.96. The fourth-order valence-corrected chi connectivity index (χ4v) is 1.53. The van der Waals surface area contributed by atoms with Crippen LogP contribution in [0, 0.1) is 13.8 Å². The minimum atomic E-state index is -4.21. The number of nitrogens with two attached hydrogens (primary N) is 1. The zero-order chi connectivity index (χ0) is 11.6. The van der Waals surface area contributed by atoms with Crippen molar-refractivity contribution in [2.45, 2.75) is 32.5 Å². The smallest absolute Gasteiger partial charge is 0.324 e. The Labute approximate surface area is 87.1 Å². The van der Waals surface area contributed by atoms with Gasteiger partial charge >= 0.3 is 6.18 Å². The van der Waals surface area contributed by atoms with Crippen LogP contribution in [0.2, 0.25) is 0 Å². The van der Waals surface area contributed by atoms with E-state index in [4.69, 9.17) is 5.73 Å². The summed E-state index contributed by atoms with van der Waals surface area (Å²) < 4.78 is 36.4. The van der Waals surface area contributed by atoms with Gasteiger partial charge in [0, 0.05) is 6.04 Å². The number of hydrogen-bond donors (Lipinski definition) is 1. The molecule has 1 atom stereocenters. The molecule has 2 N–H and O–H groups in total. The Hall–Kier alpha value is -1.03. The van der Waals surface area contributed by atoms with E-state index >= 15 is 0 Å². The molecule has 1 rings (SSSR count). The second kappa shape index (κ2) is 4.23. The molecule has 0 saturated carbocycles. The van der Waals surface area contributed by atoms with Crippen LogP contribution in [0.5, 0.6) is 0 Å². The predicted molar refractivity (Wildman–Crippen MR) is 53.5 cm³/mol. The van der Waals surface area contributed by atoms with Gasteiger partial charge in [0.1, 0.15) is 0 Å². The average Bonchev–Trinajstić information content (AvgIpc) is 2.06. The van der Waals surface area contributed by atoms with Crippen molar-refractivity contribution < 1.29 is 13.2 Å². The lowest BCUT2D eigenvalue weighted by Crippen LogP contribution is -2.21. The summed E-state index contributed by atoms with van der Waals surface area (Å²) in [6.07, 6.45) is -5.19. The Morgan fingerprint density at radius 1 is 1.27 bits per heavy atom. The molecule has 15 heavy (non-hydrogen) atoms. The molecule has 84 valence electrons. The van der Waals surface area contributed by atoms with Crippen LogP contribution in [0.4, 0.5) is 13.2 Å². The third kappa shape index (κ3) is 3.23. The van der Waals surface area contributed by atoms with Crippen molar-refractivity contribution in [1.29, 1.82) is 0 Å². The Bertz CT molecular complexity index is 344. The second-order valence-corrected chi connectivity index (χ2v) is 3.71. The molecule has 1 aromatic carbocycles. The standard InChI is InChI=1S/C11H14F3N/c1-7-4-3-5-9(8(7)2)10(15)6-11(12,13)14/h3-5,10H,6,15H2,1-2H3/t10-/m0/s1. The van der Waals surface area contributed by atoms with Crippen LogP contribution < -0.4 is 5.73 Å². The van der Waals surface area contributed by atoms with Gasteiger partial charge in [0.05, 0.1) is 6.42 Å². The molecule has 0 bridgehead atoms. The molecule has 1 aromatic rings. The predicted octanol–water partition coefficient (Wildman–Crippen LogP) is 3.26. The zero-order valence-electron chi connectivity index (χ0n) is 8.73. The molecular formula is C11H14F3N. The SMILES string of the molecule is Cc1cccc([C@@H](N)CC(F)(F)F)c1C. The van der Waals surface area contributed by atoms with Gasteiger partial charge in [0.25, 0.3) is 0 Å². The third-order valence-electron chi connectivity index (χ3n) is 2.50. The number of alkyl halides is 3. The minimum absolute atomic E-state index is 0.576. The van der Waals surface area contributed by atoms with E-state index in [0.29, 0.717) is 5.56 Å². The molecule has 0 unspecified atom stereocenters. The van der Waals surface area contributed by atoms with Crippen LogP contribution in [-0.2, 0) is 0 Å². The molecule has 0 heterocycles. The van der Waals surface area contributed by atoms with Gasteiger partial charge in [-0.15, -0.1) is 0 Å². The van der Waals surface area contributed by atoms with E-state index in [1.165, 1.54) is 0 Å². The van der Waals surface area contributed by atoms with Crippen LogP contribution in [-0.4, -0.2) is 6.18 Å². The normalized spacial score (nSPS) is 14.0. The fraction of sp³-hybridized carbons (Fsp3) is 0.455. The van der Waals surface area contributed by atoms with Crippen LogP contribution >= 0.6 is 0 Å². The van der Waals surface area contributed by atoms with Crippen LogP contribution in [0.25, 0.3) is 0 Å². The average molecular weight is 217 g/mol. The van der Waals surface area contributed by atoms with Gasteiger partial charge in [0.15, 0.2) is 0 Å². The van der Waals surface area contributed by atoms with Crippen LogP contribution in [0.1, 0.15) is 29.2 Å². The largest absolute Gasteiger partial charge is 0.390 e. The molecule has 4 heteroatoms. The van der Waals surface area contributed by atoms with Gasteiger partial charge in [-0.2, -0.15) is 13.2 Å². The highest BCUT2D eigenvalue weighted by molar-refractivity contribution is 5.35. The van der Waals surface area contributed by atoms with Crippen molar-refractivity contribution in [3.8, 4) is 0 Å². The molecule has 0 saturated heterocycles. The number of halogens is 3. The lowest BCUT2D eigenvalue weighted by molar-refractivity contribution is -0.138. The Morgan fingerprint density at radius 2 is 1.87 bits per heavy atom. The first-order valence-electron chi connectivity index (χ1n) is 4.69. The summed E-state index contributed by atoms with van der Waals surface area (Å²) in [5.41, 5.74) is 7.91. The first-order valence-corrected chi connectivity index (χ1v) is 4.69. The highest BCUT2D eigenvalue weighted by Crippen LogP contribution is 2.29. The van der Waals surface area contributed by atoms with Gasteiger partial charge in [-0.3, -0.25) is 0 Å². The maximum absolute atomic E-state index is 12.1. The molecule has 0 aliphatic rings. The highest BCUT2D eigenvalue weighted by atomic mass is 19.4. The highest BCUT2D eigenvalue weighted by Gasteiger charge is 2.31. The number of hydrogen-bond acceptors (Lipinski definition) is 1. The van der Waals surface area contributed by atoms with Gasteiger partial charge < -0.3 is 5.73 Å². The quantitative estimate of drug-likeness (QED) is 0.808. The van der Waals surface area contributed by atoms with Gasteiger partial charge in [0.2, 0.25) is 0 Å². The summed E-state index contributed by atoms with van der Waals surface area (Å²) >= 11 is 0. The maximum Gasteiger partial charge on any atom is 0.390 e. The molecule has 1 nitrogen and oxygen atoms in total. The molecule has 0 spiro atoms. The summed E-state index contributed by atoms with van der Waals surface area (Å²) in [6, 6.07) is 4.27. The zero-order valence-corrected chi connectivity index (χ0v) is 8.73. The van der Waals surface area contributed by atoms with E-state index in [1.807, 2.05) is 13.0 Å². The maximum atomic E-state index is 12.1. The van der Waals surface area contributed by atoms with E-state index in [9.17, 15) is 13.2 Å². The van der Waals surface area contributed by atoms with E-state index in [-0.39, 0.29) is 0 Å². The van der Waals surface area contributed by atoms with Gasteiger partial charge in [-0.25, -0.2) is 0 Å². The van der Waals surface area contributed by atoms with E-state index in [2.05, 4.69) is 0 Å². The summed E-state index contributed by atoms with van der Waals surface area (Å²) in [5.74, 6) is 0. The van der Waals surface area contributed by atoms with Crippen molar-refractivity contribution in [2.24, 2.45) is 5.73 Å². The third-order valence-corrected chi connectivity index (χ3v) is 2.50. The van der Waals surface area contributed by atoms with Crippen molar-refractivity contribution in [3.05, 3.63) is 34.9 Å². The molecule has 0 aliphatic heterocycles. The lowest BCUT2D eigenvalue weighted by Gasteiger charge is -2.17. The topological polar surface area (TPSA) is 26.0 Å². The number of aryl methyl sites for hydroxylation is 1. The minimum Gasteiger partial charge on any atom is -0.324 e. The van der Waals surface area contributed by atoms with E-state index in [1.54, 1.807) is 19.1 Å². The summed E-state index contributed by atoms with van der Waals surface area (Å²) in [6.45, 7) is 3.65. The van der Waals surface area contributed by atoms with Crippen LogP contribution in [0.3, 0.4) is 0 Å². The molecule has 0 radical (unpaired) electrons. The monoisotopic (exact) mass is 217 g/mol. The molecular weight excluding hydrogens is 203 g/mol. The summed E-state index contributed by atoms with van der Waals surface area (Å²) in [4.78, 5) is 0. The first kappa shape index (κ1) is 12.0. The van der Waals surface area contributed by atoms with Crippen LogP contribution in [0.15, 0.2) is 18.2 Å². The van der Waals surface area contributed by atoms with E-state index < -0.39 is 18.6 Å². The molecule has 0 aliphatic carbocycles. The summed E-state index contributed by atoms with van der Waals surface area (Å²) in [7, 11) is 0. The number of benzene rings is 1. The van der Waals surface area contributed by atoms with Crippen molar-refractivity contribution in [2.75, 3.05) is 0 Å². The van der Waals surface area contributed by atoms with E-state index in [0.717, 1.165) is 11.1 Å². The van der Waals surface area contributed by atoms with Gasteiger partial charge in [-0.05, 0) is 30.5 Å². The fourth-order valence-electron chi connectivity index (χ4n) is 1.53. The molecule has 0 amide bonds. The van der Waals surface area contributed by atoms with Crippen molar-refractivity contribution in [1.82, 2.24) is 0 Å². The Balaban J connectivity index is 2.92. The van der Waals surface area contributed by atoms with Crippen molar-refractivity contribution >= 4 is 0 Å². The second-order valence-electron chi connectivity index (χ2n) is 3.71. The van der Waals surface area contributed by atoms with Crippen molar-refractivity contribution in [3.63, 3.8) is 0 Å². The Morgan fingerprint density at radius 3 is 2.40 bits per heavy atom. The van der Waals surface area contributed by atoms with Gasteiger partial charge in [-0.1, -0.05) is 18.2 Å². The first-order chi connectivity index (χ1) is 6.81. The molecule has 0 fully saturated rings.